The van der Waals surface area contributed by atoms with E-state index < -0.39 is 0 Å². The minimum Gasteiger partial charge on any atom is -0.313 e. The number of allylic oxidation sites excluding steroid dienone is 1. The number of hydrogen-bond acceptors (Lipinski definition) is 1. The third kappa shape index (κ3) is 6.98. The van der Waals surface area contributed by atoms with Crippen LogP contribution in [0.4, 0.5) is 0 Å². The summed E-state index contributed by atoms with van der Waals surface area (Å²) in [7, 11) is 0. The Kier molecular flexibility index (Phi) is 10.3. The molecule has 1 aliphatic rings. The van der Waals surface area contributed by atoms with Crippen LogP contribution in [0.5, 0.6) is 0 Å². The fraction of sp³-hybridized carbons (Fsp3) is 0.600. The number of nitrogens with one attached hydrogen (secondary N) is 1. The molecule has 0 saturated heterocycles. The molecule has 22 heavy (non-hydrogen) atoms. The van der Waals surface area contributed by atoms with E-state index >= 15 is 0 Å². The summed E-state index contributed by atoms with van der Waals surface area (Å²) < 4.78 is 0. The van der Waals surface area contributed by atoms with E-state index in [0.717, 1.165) is 24.5 Å². The molecule has 0 atom stereocenters. The Hall–Kier alpha value is -0.790. The van der Waals surface area contributed by atoms with Gasteiger partial charge in [0.2, 0.25) is 0 Å². The molecule has 0 aromatic heterocycles. The van der Waals surface area contributed by atoms with Crippen molar-refractivity contribution in [3.05, 3.63) is 40.4 Å². The molecular weight excluding hydrogens is 290 g/mol. The van der Waals surface area contributed by atoms with Gasteiger partial charge in [0.15, 0.2) is 0 Å². The maximum atomic E-state index is 6.20. The normalized spacial score (nSPS) is 14.6. The summed E-state index contributed by atoms with van der Waals surface area (Å²) in [5.74, 6) is 0. The first-order valence-corrected chi connectivity index (χ1v) is 9.29. The smallest absolute Gasteiger partial charge is 0.0412 e. The Balaban J connectivity index is 0.000000745. The molecule has 1 N–H and O–H groups in total. The molecule has 0 spiro atoms. The molecule has 0 unspecified atom stereocenters. The molecule has 0 fully saturated rings. The van der Waals surface area contributed by atoms with Crippen molar-refractivity contribution < 1.29 is 0 Å². The van der Waals surface area contributed by atoms with Crippen molar-refractivity contribution in [2.75, 3.05) is 13.1 Å². The van der Waals surface area contributed by atoms with Crippen LogP contribution in [0.15, 0.2) is 24.3 Å². The molecule has 0 saturated carbocycles. The van der Waals surface area contributed by atoms with Crippen LogP contribution in [0.2, 0.25) is 5.02 Å². The number of benzene rings is 1. The minimum atomic E-state index is 0.854. The fourth-order valence-corrected chi connectivity index (χ4v) is 2.85. The van der Waals surface area contributed by atoms with Crippen LogP contribution >= 0.6 is 11.6 Å². The van der Waals surface area contributed by atoms with E-state index in [9.17, 15) is 0 Å². The number of hydrogen-bond donors (Lipinski definition) is 1. The molecule has 0 radical (unpaired) electrons. The van der Waals surface area contributed by atoms with Gasteiger partial charge < -0.3 is 5.32 Å². The lowest BCUT2D eigenvalue weighted by Crippen LogP contribution is -2.12. The monoisotopic (exact) mass is 321 g/mol. The summed E-state index contributed by atoms with van der Waals surface area (Å²) in [5.41, 5.74) is 4.32. The number of aryl methyl sites for hydroxylation is 1. The molecule has 1 aromatic carbocycles. The van der Waals surface area contributed by atoms with Crippen LogP contribution < -0.4 is 5.32 Å². The maximum absolute atomic E-state index is 6.20. The summed E-state index contributed by atoms with van der Waals surface area (Å²) in [6.07, 6.45) is 11.0. The average molecular weight is 322 g/mol. The molecule has 1 heterocycles. The van der Waals surface area contributed by atoms with E-state index in [1.54, 1.807) is 0 Å². The van der Waals surface area contributed by atoms with Crippen molar-refractivity contribution in [2.24, 2.45) is 0 Å². The van der Waals surface area contributed by atoms with Gasteiger partial charge in [0.05, 0.1) is 0 Å². The molecule has 0 aliphatic carbocycles. The second kappa shape index (κ2) is 11.7. The van der Waals surface area contributed by atoms with Crippen molar-refractivity contribution in [1.82, 2.24) is 5.32 Å². The summed E-state index contributed by atoms with van der Waals surface area (Å²) in [6, 6.07) is 6.40. The molecule has 2 heteroatoms. The summed E-state index contributed by atoms with van der Waals surface area (Å²) in [4.78, 5) is 0. The van der Waals surface area contributed by atoms with E-state index in [-0.39, 0.29) is 0 Å². The van der Waals surface area contributed by atoms with E-state index in [2.05, 4.69) is 44.3 Å². The zero-order chi connectivity index (χ0) is 16.2. The Morgan fingerprint density at radius 1 is 1.14 bits per heavy atom. The summed E-state index contributed by atoms with van der Waals surface area (Å²) >= 11 is 6.20. The van der Waals surface area contributed by atoms with Crippen molar-refractivity contribution in [2.45, 2.75) is 65.7 Å². The standard InChI is InChI=1S/C17H24ClN.C3H8/c1-2-3-4-6-14-8-9-16(18)13-17(14)15-7-5-11-19-12-10-15;1-3-2/h8-10,13,19H,2-7,11-12H2,1H3;3H2,1-2H3. The topological polar surface area (TPSA) is 12.0 Å². The highest BCUT2D eigenvalue weighted by Crippen LogP contribution is 2.28. The SMILES string of the molecule is CCC.CCCCCc1ccc(Cl)cc1C1=CCNCCC1. The van der Waals surface area contributed by atoms with Gasteiger partial charge in [-0.2, -0.15) is 0 Å². The molecule has 1 nitrogen and oxygen atoms in total. The van der Waals surface area contributed by atoms with Crippen LogP contribution in [-0.2, 0) is 6.42 Å². The van der Waals surface area contributed by atoms with Crippen LogP contribution in [-0.4, -0.2) is 13.1 Å². The first-order valence-electron chi connectivity index (χ1n) is 8.91. The molecule has 0 bridgehead atoms. The van der Waals surface area contributed by atoms with Crippen LogP contribution in [0.25, 0.3) is 5.57 Å². The van der Waals surface area contributed by atoms with E-state index in [1.807, 2.05) is 6.07 Å². The molecule has 1 aromatic rings. The van der Waals surface area contributed by atoms with Gasteiger partial charge in [-0.05, 0) is 61.1 Å². The van der Waals surface area contributed by atoms with Gasteiger partial charge in [-0.1, -0.05) is 63.8 Å². The van der Waals surface area contributed by atoms with E-state index in [0.29, 0.717) is 0 Å². The second-order valence-corrected chi connectivity index (χ2v) is 6.44. The highest BCUT2D eigenvalue weighted by molar-refractivity contribution is 6.30. The van der Waals surface area contributed by atoms with Gasteiger partial charge in [-0.25, -0.2) is 0 Å². The van der Waals surface area contributed by atoms with Crippen molar-refractivity contribution in [3.8, 4) is 0 Å². The van der Waals surface area contributed by atoms with Gasteiger partial charge in [-0.3, -0.25) is 0 Å². The van der Waals surface area contributed by atoms with Gasteiger partial charge >= 0.3 is 0 Å². The predicted molar refractivity (Wildman–Crippen MR) is 101 cm³/mol. The second-order valence-electron chi connectivity index (χ2n) is 6.00. The quantitative estimate of drug-likeness (QED) is 0.631. The van der Waals surface area contributed by atoms with Gasteiger partial charge in [-0.15, -0.1) is 0 Å². The largest absolute Gasteiger partial charge is 0.313 e. The average Bonchev–Trinajstić information content (AvgIpc) is 2.79. The van der Waals surface area contributed by atoms with Crippen molar-refractivity contribution >= 4 is 17.2 Å². The Labute approximate surface area is 142 Å². The number of unbranched alkanes of at least 4 members (excludes halogenated alkanes) is 2. The van der Waals surface area contributed by atoms with E-state index in [1.165, 1.54) is 55.2 Å². The summed E-state index contributed by atoms with van der Waals surface area (Å²) in [5, 5.41) is 4.28. The molecular formula is C20H32ClN. The molecule has 124 valence electrons. The van der Waals surface area contributed by atoms with Gasteiger partial charge in [0.25, 0.3) is 0 Å². The van der Waals surface area contributed by atoms with Crippen LogP contribution in [0.1, 0.15) is 70.4 Å². The lowest BCUT2D eigenvalue weighted by Gasteiger charge is -2.13. The summed E-state index contributed by atoms with van der Waals surface area (Å²) in [6.45, 7) is 8.60. The molecule has 2 rings (SSSR count). The lowest BCUT2D eigenvalue weighted by molar-refractivity contribution is 0.714. The van der Waals surface area contributed by atoms with Gasteiger partial charge in [0, 0.05) is 11.6 Å². The maximum Gasteiger partial charge on any atom is 0.0412 e. The predicted octanol–water partition coefficient (Wildman–Crippen LogP) is 6.26. The van der Waals surface area contributed by atoms with Crippen LogP contribution in [0, 0.1) is 0 Å². The molecule has 0 amide bonds. The Morgan fingerprint density at radius 2 is 1.91 bits per heavy atom. The highest BCUT2D eigenvalue weighted by Gasteiger charge is 2.10. The zero-order valence-electron chi connectivity index (χ0n) is 14.6. The Bertz CT molecular complexity index is 451. The Morgan fingerprint density at radius 3 is 2.64 bits per heavy atom. The third-order valence-corrected chi connectivity index (χ3v) is 4.00. The van der Waals surface area contributed by atoms with Crippen LogP contribution in [0.3, 0.4) is 0 Å². The first-order chi connectivity index (χ1) is 10.7. The van der Waals surface area contributed by atoms with Crippen molar-refractivity contribution in [1.29, 1.82) is 0 Å². The first kappa shape index (κ1) is 19.3. The minimum absolute atomic E-state index is 0.854. The fourth-order valence-electron chi connectivity index (χ4n) is 2.68. The lowest BCUT2D eigenvalue weighted by atomic mass is 9.93. The van der Waals surface area contributed by atoms with Gasteiger partial charge in [0.1, 0.15) is 0 Å². The zero-order valence-corrected chi connectivity index (χ0v) is 15.3. The highest BCUT2D eigenvalue weighted by atomic mass is 35.5. The third-order valence-electron chi connectivity index (χ3n) is 3.76. The van der Waals surface area contributed by atoms with Crippen molar-refractivity contribution in [3.63, 3.8) is 0 Å². The number of halogens is 1. The van der Waals surface area contributed by atoms with E-state index in [4.69, 9.17) is 11.6 Å². The molecule has 1 aliphatic heterocycles. The number of rotatable bonds is 5.